The molecule has 4 unspecified atom stereocenters. The molecule has 0 amide bonds. The molecule has 0 aromatic carbocycles. The van der Waals surface area contributed by atoms with Crippen LogP contribution < -0.4 is 5.26 Å². The summed E-state index contributed by atoms with van der Waals surface area (Å²) in [7, 11) is 1.33. The van der Waals surface area contributed by atoms with E-state index in [1.54, 1.807) is 6.92 Å². The molecule has 27 heavy (non-hydrogen) atoms. The SMILES string of the molecule is COC1[C@H](OSOO[O-])C(CO)O[C@@H](O[C@H]2C3CO[C@H]2C(O)[C@@H](C)O3)[C@H]1O. The fraction of sp³-hybridized carbons (Fsp3) is 1.00. The number of hydrogen-bond donors (Lipinski definition) is 3. The molecule has 10 atom stereocenters. The van der Waals surface area contributed by atoms with Gasteiger partial charge < -0.3 is 44.3 Å². The molecule has 158 valence electrons. The zero-order valence-corrected chi connectivity index (χ0v) is 15.4. The van der Waals surface area contributed by atoms with Crippen LogP contribution >= 0.6 is 12.3 Å². The van der Waals surface area contributed by atoms with Gasteiger partial charge in [-0.2, -0.15) is 0 Å². The van der Waals surface area contributed by atoms with Crippen molar-refractivity contribution in [2.75, 3.05) is 20.3 Å². The van der Waals surface area contributed by atoms with E-state index >= 15 is 0 Å². The first-order valence-corrected chi connectivity index (χ1v) is 9.04. The highest BCUT2D eigenvalue weighted by Crippen LogP contribution is 2.35. The Morgan fingerprint density at radius 3 is 2.59 bits per heavy atom. The van der Waals surface area contributed by atoms with Crippen molar-refractivity contribution in [3.05, 3.63) is 0 Å². The van der Waals surface area contributed by atoms with Gasteiger partial charge in [-0.25, -0.2) is 0 Å². The molecule has 3 fully saturated rings. The van der Waals surface area contributed by atoms with Gasteiger partial charge in [0.2, 0.25) is 0 Å². The van der Waals surface area contributed by atoms with Gasteiger partial charge in [0.15, 0.2) is 18.6 Å². The van der Waals surface area contributed by atoms with Gasteiger partial charge in [-0.05, 0) is 6.92 Å². The summed E-state index contributed by atoms with van der Waals surface area (Å²) in [5.41, 5.74) is 0. The van der Waals surface area contributed by atoms with Crippen LogP contribution in [0.15, 0.2) is 0 Å². The van der Waals surface area contributed by atoms with E-state index in [4.69, 9.17) is 27.9 Å². The van der Waals surface area contributed by atoms with Crippen LogP contribution in [-0.4, -0.2) is 96.9 Å². The Labute approximate surface area is 159 Å². The number of hydrogen-bond acceptors (Lipinski definition) is 13. The molecule has 3 rings (SSSR count). The third kappa shape index (κ3) is 4.40. The molecule has 0 spiro atoms. The summed E-state index contributed by atoms with van der Waals surface area (Å²) in [5.74, 6) is 0. The fourth-order valence-electron chi connectivity index (χ4n) is 3.57. The molecule has 0 radical (unpaired) electrons. The number of methoxy groups -OCH3 is 1. The lowest BCUT2D eigenvalue weighted by Gasteiger charge is -2.45. The van der Waals surface area contributed by atoms with E-state index in [-0.39, 0.29) is 18.9 Å². The first-order valence-electron chi connectivity index (χ1n) is 8.38. The van der Waals surface area contributed by atoms with Gasteiger partial charge in [-0.1, -0.05) is 0 Å². The summed E-state index contributed by atoms with van der Waals surface area (Å²) < 4.78 is 37.1. The molecule has 13 heteroatoms. The van der Waals surface area contributed by atoms with E-state index in [1.807, 2.05) is 0 Å². The number of fused-ring (bicyclic) bond motifs is 2. The minimum Gasteiger partial charge on any atom is -0.691 e. The molecule has 3 aliphatic heterocycles. The van der Waals surface area contributed by atoms with Crippen LogP contribution in [0.1, 0.15) is 6.92 Å². The molecular weight excluding hydrogens is 392 g/mol. The number of aliphatic hydroxyl groups excluding tert-OH is 3. The summed E-state index contributed by atoms with van der Waals surface area (Å²) >= 11 is 0.217. The standard InChI is InChI=1S/C14H24O12S/c1-5-8(16)13-10(7(21-5)4-20-13)23-14-9(17)12(19-2)11(6(3-15)22-14)24-27-26-25-18/h5-18H,3-4H2,1-2H3/p-1/t5-,6?,7?,8?,9+,10+,11-,12?,13+,14+/m1/s1. The Kier molecular flexibility index (Phi) is 7.65. The third-order valence-corrected chi connectivity index (χ3v) is 5.33. The summed E-state index contributed by atoms with van der Waals surface area (Å²) in [6.07, 6.45) is -8.46. The predicted molar refractivity (Wildman–Crippen MR) is 82.1 cm³/mol. The summed E-state index contributed by atoms with van der Waals surface area (Å²) in [5, 5.41) is 43.5. The molecular formula is C14H23O12S-. The molecule has 2 bridgehead atoms. The van der Waals surface area contributed by atoms with Crippen molar-refractivity contribution in [3.8, 4) is 0 Å². The van der Waals surface area contributed by atoms with Crippen molar-refractivity contribution >= 4 is 12.3 Å². The van der Waals surface area contributed by atoms with Crippen LogP contribution in [-0.2, 0) is 37.2 Å². The van der Waals surface area contributed by atoms with Crippen LogP contribution in [0.5, 0.6) is 0 Å². The lowest BCUT2D eigenvalue weighted by Crippen LogP contribution is -2.62. The quantitative estimate of drug-likeness (QED) is 0.161. The van der Waals surface area contributed by atoms with Crippen LogP contribution in [0.2, 0.25) is 0 Å². The van der Waals surface area contributed by atoms with E-state index in [9.17, 15) is 20.6 Å². The molecule has 3 N–H and O–H groups in total. The summed E-state index contributed by atoms with van der Waals surface area (Å²) in [6, 6.07) is 0. The van der Waals surface area contributed by atoms with Gasteiger partial charge in [0.05, 0.1) is 19.3 Å². The maximum Gasteiger partial charge on any atom is 0.194 e. The minimum absolute atomic E-state index is 0.217. The second kappa shape index (κ2) is 9.58. The Balaban J connectivity index is 1.68. The molecule has 0 aromatic heterocycles. The normalized spacial score (nSPS) is 47.3. The lowest BCUT2D eigenvalue weighted by molar-refractivity contribution is -0.777. The van der Waals surface area contributed by atoms with Gasteiger partial charge >= 0.3 is 0 Å². The van der Waals surface area contributed by atoms with Crippen molar-refractivity contribution in [1.29, 1.82) is 0 Å². The molecule has 12 nitrogen and oxygen atoms in total. The van der Waals surface area contributed by atoms with Crippen LogP contribution in [0, 0.1) is 0 Å². The predicted octanol–water partition coefficient (Wildman–Crippen LogP) is -2.82. The molecule has 0 aromatic rings. The highest BCUT2D eigenvalue weighted by molar-refractivity contribution is 7.89. The summed E-state index contributed by atoms with van der Waals surface area (Å²) in [4.78, 5) is 0. The number of ether oxygens (including phenoxy) is 5. The summed E-state index contributed by atoms with van der Waals surface area (Å²) in [6.45, 7) is 1.49. The average molecular weight is 415 g/mol. The smallest absolute Gasteiger partial charge is 0.194 e. The van der Waals surface area contributed by atoms with Gasteiger partial charge in [0, 0.05) is 7.11 Å². The average Bonchev–Trinajstić information content (AvgIpc) is 2.98. The van der Waals surface area contributed by atoms with Crippen LogP contribution in [0.4, 0.5) is 0 Å². The topological polar surface area (TPSA) is 158 Å². The van der Waals surface area contributed by atoms with Crippen molar-refractivity contribution in [2.45, 2.75) is 68.1 Å². The molecule has 3 aliphatic rings. The Hall–Kier alpha value is -0.130. The lowest BCUT2D eigenvalue weighted by atomic mass is 9.97. The fourth-order valence-corrected chi connectivity index (χ4v) is 3.95. The van der Waals surface area contributed by atoms with Crippen LogP contribution in [0.3, 0.4) is 0 Å². The second-order valence-electron chi connectivity index (χ2n) is 6.45. The Morgan fingerprint density at radius 2 is 1.93 bits per heavy atom. The van der Waals surface area contributed by atoms with Gasteiger partial charge in [0.25, 0.3) is 0 Å². The highest BCUT2D eigenvalue weighted by atomic mass is 32.2. The van der Waals surface area contributed by atoms with Crippen LogP contribution in [0.25, 0.3) is 0 Å². The van der Waals surface area contributed by atoms with Crippen molar-refractivity contribution in [3.63, 3.8) is 0 Å². The van der Waals surface area contributed by atoms with E-state index in [0.717, 1.165) is 0 Å². The first kappa shape index (κ1) is 21.6. The Bertz CT molecular complexity index is 471. The van der Waals surface area contributed by atoms with Gasteiger partial charge in [0.1, 0.15) is 48.8 Å². The van der Waals surface area contributed by atoms with Crippen molar-refractivity contribution in [2.24, 2.45) is 0 Å². The van der Waals surface area contributed by atoms with E-state index < -0.39 is 67.8 Å². The van der Waals surface area contributed by atoms with E-state index in [1.165, 1.54) is 7.11 Å². The maximum atomic E-state index is 10.6. The zero-order valence-electron chi connectivity index (χ0n) is 14.6. The number of aliphatic hydroxyl groups is 3. The monoisotopic (exact) mass is 415 g/mol. The Morgan fingerprint density at radius 1 is 1.15 bits per heavy atom. The van der Waals surface area contributed by atoms with E-state index in [0.29, 0.717) is 0 Å². The van der Waals surface area contributed by atoms with Gasteiger partial charge in [-0.3, -0.25) is 9.22 Å². The number of rotatable bonds is 8. The molecule has 3 heterocycles. The van der Waals surface area contributed by atoms with E-state index in [2.05, 4.69) is 9.37 Å². The molecule has 0 saturated carbocycles. The third-order valence-electron chi connectivity index (χ3n) is 4.91. The largest absolute Gasteiger partial charge is 0.691 e. The zero-order chi connectivity index (χ0) is 19.6. The molecule has 0 aliphatic carbocycles. The minimum atomic E-state index is -1.31. The van der Waals surface area contributed by atoms with Gasteiger partial charge in [-0.15, -0.1) is 4.33 Å². The second-order valence-corrected chi connectivity index (χ2v) is 6.91. The molecule has 3 saturated heterocycles. The van der Waals surface area contributed by atoms with Crippen molar-refractivity contribution in [1.82, 2.24) is 0 Å². The first-order chi connectivity index (χ1) is 13.0. The maximum absolute atomic E-state index is 10.6. The highest BCUT2D eigenvalue weighted by Gasteiger charge is 2.54. The van der Waals surface area contributed by atoms with Crippen molar-refractivity contribution < 1.29 is 57.8 Å².